The van der Waals surface area contributed by atoms with Gasteiger partial charge in [0.2, 0.25) is 0 Å². The number of nitrogens with zero attached hydrogens (tertiary/aromatic N) is 1. The van der Waals surface area contributed by atoms with Gasteiger partial charge >= 0.3 is 0 Å². The van der Waals surface area contributed by atoms with E-state index in [1.54, 1.807) is 11.3 Å². The van der Waals surface area contributed by atoms with Crippen molar-refractivity contribution in [2.24, 2.45) is 11.7 Å². The zero-order valence-corrected chi connectivity index (χ0v) is 10.9. The minimum atomic E-state index is 0.0985. The molecule has 1 aliphatic rings. The van der Waals surface area contributed by atoms with E-state index in [-0.39, 0.29) is 6.04 Å². The van der Waals surface area contributed by atoms with E-state index >= 15 is 0 Å². The molecule has 1 aromatic heterocycles. The highest BCUT2D eigenvalue weighted by atomic mass is 32.2. The van der Waals surface area contributed by atoms with Crippen molar-refractivity contribution < 1.29 is 0 Å². The van der Waals surface area contributed by atoms with Gasteiger partial charge in [0.25, 0.3) is 0 Å². The van der Waals surface area contributed by atoms with Crippen LogP contribution in [0.2, 0.25) is 0 Å². The van der Waals surface area contributed by atoms with Crippen LogP contribution in [0.15, 0.2) is 5.38 Å². The molecule has 4 heteroatoms. The minimum Gasteiger partial charge on any atom is -0.322 e. The van der Waals surface area contributed by atoms with Gasteiger partial charge in [0.1, 0.15) is 5.01 Å². The maximum absolute atomic E-state index is 6.09. The lowest BCUT2D eigenvalue weighted by molar-refractivity contribution is 0.504. The van der Waals surface area contributed by atoms with E-state index in [0.717, 1.165) is 5.69 Å². The van der Waals surface area contributed by atoms with Crippen LogP contribution in [0.5, 0.6) is 0 Å². The Morgan fingerprint density at radius 2 is 2.33 bits per heavy atom. The summed E-state index contributed by atoms with van der Waals surface area (Å²) in [6.07, 6.45) is 2.62. The van der Waals surface area contributed by atoms with Crippen LogP contribution in [-0.2, 0) is 0 Å². The highest BCUT2D eigenvalue weighted by molar-refractivity contribution is 7.99. The molecule has 2 rings (SSSR count). The quantitative estimate of drug-likeness (QED) is 0.883. The highest BCUT2D eigenvalue weighted by Crippen LogP contribution is 2.41. The zero-order valence-electron chi connectivity index (χ0n) is 9.27. The molecule has 0 aliphatic carbocycles. The Hall–Kier alpha value is -0.0600. The summed E-state index contributed by atoms with van der Waals surface area (Å²) in [5, 5.41) is 4.06. The zero-order chi connectivity index (χ0) is 10.8. The summed E-state index contributed by atoms with van der Waals surface area (Å²) in [7, 11) is 0. The summed E-state index contributed by atoms with van der Waals surface area (Å²) in [5.74, 6) is 1.76. The second-order valence-corrected chi connectivity index (χ2v) is 6.58. The predicted octanol–water partition coefficient (Wildman–Crippen LogP) is 3.37. The highest BCUT2D eigenvalue weighted by Gasteiger charge is 2.22. The summed E-state index contributed by atoms with van der Waals surface area (Å²) in [4.78, 5) is 4.69. The summed E-state index contributed by atoms with van der Waals surface area (Å²) in [6.45, 7) is 4.29. The smallest absolute Gasteiger partial charge is 0.106 e. The van der Waals surface area contributed by atoms with Gasteiger partial charge in [-0.3, -0.25) is 0 Å². The van der Waals surface area contributed by atoms with Gasteiger partial charge in [-0.15, -0.1) is 11.3 Å². The number of nitrogens with two attached hydrogens (primary N) is 1. The monoisotopic (exact) mass is 242 g/mol. The summed E-state index contributed by atoms with van der Waals surface area (Å²) in [5.41, 5.74) is 7.17. The van der Waals surface area contributed by atoms with Crippen molar-refractivity contribution >= 4 is 23.1 Å². The van der Waals surface area contributed by atoms with Crippen LogP contribution >= 0.6 is 23.1 Å². The predicted molar refractivity (Wildman–Crippen MR) is 68.3 cm³/mol. The lowest BCUT2D eigenvalue weighted by Gasteiger charge is -2.12. The average molecular weight is 242 g/mol. The Labute approximate surface area is 99.7 Å². The number of thiazole rings is 1. The summed E-state index contributed by atoms with van der Waals surface area (Å²) < 4.78 is 0. The molecule has 0 radical (unpaired) electrons. The molecule has 0 saturated carbocycles. The number of aromatic nitrogens is 1. The molecular formula is C11H18N2S2. The Bertz CT molecular complexity index is 300. The van der Waals surface area contributed by atoms with E-state index in [9.17, 15) is 0 Å². The van der Waals surface area contributed by atoms with Crippen molar-refractivity contribution in [3.63, 3.8) is 0 Å². The molecule has 2 nitrogen and oxygen atoms in total. The summed E-state index contributed by atoms with van der Waals surface area (Å²) >= 11 is 3.82. The van der Waals surface area contributed by atoms with Gasteiger partial charge in [-0.2, -0.15) is 11.8 Å². The number of rotatable bonds is 3. The molecule has 0 aromatic carbocycles. The van der Waals surface area contributed by atoms with Crippen LogP contribution in [0.3, 0.4) is 0 Å². The number of hydrogen-bond acceptors (Lipinski definition) is 4. The standard InChI is InChI=1S/C11H18N2S2/c1-7(2)10(12)8-6-15-11(13-8)9-4-3-5-14-9/h6-7,9-10H,3-5,12H2,1-2H3. The normalized spacial score (nSPS) is 23.6. The van der Waals surface area contributed by atoms with E-state index in [4.69, 9.17) is 5.73 Å². The first-order valence-electron chi connectivity index (χ1n) is 5.51. The van der Waals surface area contributed by atoms with Crippen LogP contribution in [0.1, 0.15) is 48.7 Å². The van der Waals surface area contributed by atoms with E-state index in [1.165, 1.54) is 23.6 Å². The molecule has 2 N–H and O–H groups in total. The minimum absolute atomic E-state index is 0.0985. The fourth-order valence-corrected chi connectivity index (χ4v) is 4.11. The van der Waals surface area contributed by atoms with E-state index in [0.29, 0.717) is 11.2 Å². The SMILES string of the molecule is CC(C)C(N)c1csc(C2CCCS2)n1. The third kappa shape index (κ3) is 2.55. The Balaban J connectivity index is 2.09. The Morgan fingerprint density at radius 3 is 2.93 bits per heavy atom. The summed E-state index contributed by atoms with van der Waals surface area (Å²) in [6, 6.07) is 0.0985. The maximum Gasteiger partial charge on any atom is 0.106 e. The van der Waals surface area contributed by atoms with Crippen LogP contribution in [-0.4, -0.2) is 10.7 Å². The van der Waals surface area contributed by atoms with Crippen molar-refractivity contribution in [3.05, 3.63) is 16.1 Å². The fourth-order valence-electron chi connectivity index (χ4n) is 1.72. The van der Waals surface area contributed by atoms with Crippen molar-refractivity contribution in [1.82, 2.24) is 4.98 Å². The molecule has 0 amide bonds. The largest absolute Gasteiger partial charge is 0.322 e. The molecule has 1 aromatic rings. The van der Waals surface area contributed by atoms with Crippen molar-refractivity contribution in [1.29, 1.82) is 0 Å². The second kappa shape index (κ2) is 4.85. The first kappa shape index (κ1) is 11.4. The maximum atomic E-state index is 6.09. The number of hydrogen-bond donors (Lipinski definition) is 1. The van der Waals surface area contributed by atoms with Gasteiger partial charge in [-0.25, -0.2) is 4.98 Å². The molecule has 0 spiro atoms. The fraction of sp³-hybridized carbons (Fsp3) is 0.727. The van der Waals surface area contributed by atoms with Gasteiger partial charge in [0.15, 0.2) is 0 Å². The van der Waals surface area contributed by atoms with Gasteiger partial charge in [-0.05, 0) is 24.5 Å². The van der Waals surface area contributed by atoms with Crippen molar-refractivity contribution in [3.8, 4) is 0 Å². The second-order valence-electron chi connectivity index (χ2n) is 4.38. The van der Waals surface area contributed by atoms with Crippen molar-refractivity contribution in [2.45, 2.75) is 38.0 Å². The lowest BCUT2D eigenvalue weighted by atomic mass is 10.0. The first-order chi connectivity index (χ1) is 7.18. The molecule has 84 valence electrons. The average Bonchev–Trinajstić information content (AvgIpc) is 2.86. The van der Waals surface area contributed by atoms with Crippen LogP contribution in [0, 0.1) is 5.92 Å². The van der Waals surface area contributed by atoms with Gasteiger partial charge in [0.05, 0.1) is 17.0 Å². The molecule has 1 aliphatic heterocycles. The lowest BCUT2D eigenvalue weighted by Crippen LogP contribution is -2.17. The first-order valence-corrected chi connectivity index (χ1v) is 7.44. The Morgan fingerprint density at radius 1 is 1.53 bits per heavy atom. The van der Waals surface area contributed by atoms with E-state index < -0.39 is 0 Å². The van der Waals surface area contributed by atoms with Crippen LogP contribution < -0.4 is 5.73 Å². The van der Waals surface area contributed by atoms with Gasteiger partial charge in [-0.1, -0.05) is 13.8 Å². The van der Waals surface area contributed by atoms with Gasteiger partial charge in [0, 0.05) is 5.38 Å². The van der Waals surface area contributed by atoms with Crippen LogP contribution in [0.25, 0.3) is 0 Å². The third-order valence-corrected chi connectivity index (χ3v) is 5.32. The van der Waals surface area contributed by atoms with E-state index in [2.05, 4.69) is 24.2 Å². The molecule has 2 unspecified atom stereocenters. The molecule has 0 bridgehead atoms. The van der Waals surface area contributed by atoms with Gasteiger partial charge < -0.3 is 5.73 Å². The Kier molecular flexibility index (Phi) is 3.69. The molecule has 1 fully saturated rings. The molecule has 15 heavy (non-hydrogen) atoms. The molecular weight excluding hydrogens is 224 g/mol. The van der Waals surface area contributed by atoms with E-state index in [1.807, 2.05) is 11.8 Å². The van der Waals surface area contributed by atoms with Crippen LogP contribution in [0.4, 0.5) is 0 Å². The molecule has 2 heterocycles. The molecule has 1 saturated heterocycles. The topological polar surface area (TPSA) is 38.9 Å². The number of thioether (sulfide) groups is 1. The third-order valence-electron chi connectivity index (χ3n) is 2.80. The van der Waals surface area contributed by atoms with Crippen molar-refractivity contribution in [2.75, 3.05) is 5.75 Å². The molecule has 2 atom stereocenters.